The summed E-state index contributed by atoms with van der Waals surface area (Å²) in [4.78, 5) is 42.3. The molecule has 9 heteroatoms. The standard InChI is InChI=1S/C27H28N2O7/c1-6-13-14-11-29-18(10-16-15(23(29)30)12-35-24(31)27(16,34)7-2)22(14)28-17-8-9-19(36-25(32)33)21(20(13)17)26(3,4)5/h8-10,34H,6-7,11-12H2,1-5H3,(H,32,33)/t27-/m0/s1. The molecule has 2 aromatic heterocycles. The molecule has 4 heterocycles. The number of cyclic esters (lactones) is 1. The van der Waals surface area contributed by atoms with Crippen LogP contribution in [0.2, 0.25) is 0 Å². The number of carboxylic acid groups (broad SMARTS) is 1. The first-order chi connectivity index (χ1) is 16.9. The Morgan fingerprint density at radius 1 is 1.22 bits per heavy atom. The maximum Gasteiger partial charge on any atom is 0.511 e. The Balaban J connectivity index is 1.84. The minimum Gasteiger partial charge on any atom is -0.458 e. The molecule has 5 rings (SSSR count). The van der Waals surface area contributed by atoms with Gasteiger partial charge in [0.25, 0.3) is 5.56 Å². The second-order valence-electron chi connectivity index (χ2n) is 10.3. The predicted octanol–water partition coefficient (Wildman–Crippen LogP) is 4.00. The van der Waals surface area contributed by atoms with Crippen LogP contribution in [0.4, 0.5) is 4.79 Å². The van der Waals surface area contributed by atoms with Crippen molar-refractivity contribution in [2.24, 2.45) is 0 Å². The first-order valence-corrected chi connectivity index (χ1v) is 12.0. The molecule has 0 aliphatic carbocycles. The molecule has 0 unspecified atom stereocenters. The van der Waals surface area contributed by atoms with Gasteiger partial charge >= 0.3 is 12.1 Å². The van der Waals surface area contributed by atoms with Crippen LogP contribution in [0.3, 0.4) is 0 Å². The van der Waals surface area contributed by atoms with Gasteiger partial charge in [-0.1, -0.05) is 34.6 Å². The molecule has 0 saturated carbocycles. The number of aliphatic hydroxyl groups is 1. The van der Waals surface area contributed by atoms with E-state index in [2.05, 4.69) is 0 Å². The van der Waals surface area contributed by atoms with E-state index < -0.39 is 23.1 Å². The number of pyridine rings is 2. The summed E-state index contributed by atoms with van der Waals surface area (Å²) >= 11 is 0. The summed E-state index contributed by atoms with van der Waals surface area (Å²) in [6.07, 6.45) is -0.706. The van der Waals surface area contributed by atoms with E-state index in [1.165, 1.54) is 0 Å². The van der Waals surface area contributed by atoms with Crippen molar-refractivity contribution in [2.75, 3.05) is 0 Å². The lowest BCUT2D eigenvalue weighted by Crippen LogP contribution is -2.44. The third-order valence-corrected chi connectivity index (χ3v) is 7.23. The van der Waals surface area contributed by atoms with Gasteiger partial charge in [0.05, 0.1) is 29.0 Å². The van der Waals surface area contributed by atoms with Gasteiger partial charge in [0, 0.05) is 22.1 Å². The van der Waals surface area contributed by atoms with Crippen LogP contribution in [0.25, 0.3) is 22.3 Å². The molecule has 1 atom stereocenters. The van der Waals surface area contributed by atoms with Crippen LogP contribution in [0.15, 0.2) is 23.0 Å². The van der Waals surface area contributed by atoms with Crippen LogP contribution in [0.1, 0.15) is 68.9 Å². The Hall–Kier alpha value is -3.72. The molecule has 1 aromatic carbocycles. The number of fused-ring (bicyclic) bond motifs is 5. The zero-order valence-electron chi connectivity index (χ0n) is 20.9. The zero-order valence-corrected chi connectivity index (χ0v) is 20.9. The Labute approximate surface area is 207 Å². The summed E-state index contributed by atoms with van der Waals surface area (Å²) in [6, 6.07) is 5.02. The van der Waals surface area contributed by atoms with E-state index in [4.69, 9.17) is 14.5 Å². The van der Waals surface area contributed by atoms with E-state index in [-0.39, 0.29) is 42.0 Å². The van der Waals surface area contributed by atoms with Crippen molar-refractivity contribution in [3.8, 4) is 17.1 Å². The van der Waals surface area contributed by atoms with Crippen molar-refractivity contribution in [3.63, 3.8) is 0 Å². The molecule has 2 aliphatic rings. The lowest BCUT2D eigenvalue weighted by atomic mass is 9.81. The number of ether oxygens (including phenoxy) is 2. The molecule has 2 N–H and O–H groups in total. The maximum atomic E-state index is 13.5. The topological polar surface area (TPSA) is 128 Å². The van der Waals surface area contributed by atoms with Crippen LogP contribution < -0.4 is 10.3 Å². The summed E-state index contributed by atoms with van der Waals surface area (Å²) in [6.45, 7) is 9.71. The number of aromatic nitrogens is 2. The molecule has 9 nitrogen and oxygen atoms in total. The molecule has 2 aliphatic heterocycles. The van der Waals surface area contributed by atoms with Gasteiger partial charge in [-0.2, -0.15) is 0 Å². The lowest BCUT2D eigenvalue weighted by Gasteiger charge is -2.31. The first-order valence-electron chi connectivity index (χ1n) is 12.0. The maximum absolute atomic E-state index is 13.5. The van der Waals surface area contributed by atoms with Crippen LogP contribution >= 0.6 is 0 Å². The molecular weight excluding hydrogens is 464 g/mol. The fraction of sp³-hybridized carbons (Fsp3) is 0.407. The van der Waals surface area contributed by atoms with Crippen molar-refractivity contribution in [3.05, 3.63) is 56.4 Å². The van der Waals surface area contributed by atoms with Gasteiger partial charge in [0.2, 0.25) is 0 Å². The molecule has 3 aromatic rings. The van der Waals surface area contributed by atoms with Crippen molar-refractivity contribution >= 4 is 23.0 Å². The minimum absolute atomic E-state index is 0.0707. The molecule has 0 bridgehead atoms. The quantitative estimate of drug-likeness (QED) is 0.325. The van der Waals surface area contributed by atoms with Crippen molar-refractivity contribution < 1.29 is 29.3 Å². The fourth-order valence-electron chi connectivity index (χ4n) is 5.56. The second-order valence-corrected chi connectivity index (χ2v) is 10.3. The number of benzene rings is 1. The first kappa shape index (κ1) is 24.0. The Morgan fingerprint density at radius 2 is 1.94 bits per heavy atom. The fourth-order valence-corrected chi connectivity index (χ4v) is 5.56. The van der Waals surface area contributed by atoms with Gasteiger partial charge in [-0.25, -0.2) is 14.6 Å². The van der Waals surface area contributed by atoms with Gasteiger partial charge in [0.1, 0.15) is 12.4 Å². The highest BCUT2D eigenvalue weighted by Gasteiger charge is 2.45. The Bertz CT molecular complexity index is 1530. The molecule has 0 radical (unpaired) electrons. The monoisotopic (exact) mass is 492 g/mol. The normalized spacial score (nSPS) is 18.4. The van der Waals surface area contributed by atoms with E-state index in [1.807, 2.05) is 27.7 Å². The van der Waals surface area contributed by atoms with Crippen LogP contribution in [-0.4, -0.2) is 31.9 Å². The lowest BCUT2D eigenvalue weighted by molar-refractivity contribution is -0.172. The number of carbonyl (C=O) groups excluding carboxylic acids is 1. The average Bonchev–Trinajstić information content (AvgIpc) is 3.17. The molecule has 0 saturated heterocycles. The third-order valence-electron chi connectivity index (χ3n) is 7.23. The van der Waals surface area contributed by atoms with Crippen molar-refractivity contribution in [2.45, 2.75) is 71.6 Å². The second kappa shape index (κ2) is 7.89. The van der Waals surface area contributed by atoms with E-state index in [9.17, 15) is 24.6 Å². The SMILES string of the molecule is CCc1c2c(nc3ccc(OC(=O)O)c(C(C)(C)C)c13)-c1cc3c(c(=O)n1C2)COC(=O)[C@]3(O)CC. The van der Waals surface area contributed by atoms with E-state index in [0.29, 0.717) is 23.3 Å². The van der Waals surface area contributed by atoms with Crippen molar-refractivity contribution in [1.29, 1.82) is 0 Å². The van der Waals surface area contributed by atoms with E-state index >= 15 is 0 Å². The van der Waals surface area contributed by atoms with E-state index in [0.717, 1.165) is 22.1 Å². The largest absolute Gasteiger partial charge is 0.511 e. The smallest absolute Gasteiger partial charge is 0.458 e. The summed E-state index contributed by atoms with van der Waals surface area (Å²) in [5, 5.41) is 21.2. The van der Waals surface area contributed by atoms with Gasteiger partial charge in [-0.15, -0.1) is 0 Å². The molecular formula is C27H28N2O7. The Kier molecular flexibility index (Phi) is 5.26. The number of esters is 1. The third kappa shape index (κ3) is 3.26. The number of hydrogen-bond acceptors (Lipinski definition) is 7. The predicted molar refractivity (Wildman–Crippen MR) is 131 cm³/mol. The number of hydrogen-bond donors (Lipinski definition) is 2. The molecule has 0 spiro atoms. The van der Waals surface area contributed by atoms with Gasteiger partial charge in [0.15, 0.2) is 5.60 Å². The van der Waals surface area contributed by atoms with Crippen LogP contribution in [0.5, 0.6) is 5.75 Å². The molecule has 188 valence electrons. The number of nitrogens with zero attached hydrogens (tertiary/aromatic N) is 2. The number of carbonyl (C=O) groups is 2. The summed E-state index contributed by atoms with van der Waals surface area (Å²) in [7, 11) is 0. The summed E-state index contributed by atoms with van der Waals surface area (Å²) in [5.74, 6) is -0.507. The summed E-state index contributed by atoms with van der Waals surface area (Å²) < 4.78 is 11.9. The van der Waals surface area contributed by atoms with E-state index in [1.54, 1.807) is 29.7 Å². The van der Waals surface area contributed by atoms with Crippen LogP contribution in [0, 0.1) is 0 Å². The highest BCUT2D eigenvalue weighted by Crippen LogP contribution is 2.44. The van der Waals surface area contributed by atoms with Crippen molar-refractivity contribution in [1.82, 2.24) is 9.55 Å². The zero-order chi connectivity index (χ0) is 26.2. The van der Waals surface area contributed by atoms with Gasteiger partial charge in [-0.3, -0.25) is 4.79 Å². The van der Waals surface area contributed by atoms with Gasteiger partial charge in [-0.05, 0) is 42.0 Å². The number of rotatable bonds is 3. The molecule has 0 amide bonds. The average molecular weight is 493 g/mol. The highest BCUT2D eigenvalue weighted by molar-refractivity contribution is 5.94. The van der Waals surface area contributed by atoms with Crippen LogP contribution in [-0.2, 0) is 40.1 Å². The minimum atomic E-state index is -1.89. The summed E-state index contributed by atoms with van der Waals surface area (Å²) in [5.41, 5.74) is 2.21. The number of aryl methyl sites for hydroxylation is 1. The Morgan fingerprint density at radius 3 is 2.56 bits per heavy atom. The van der Waals surface area contributed by atoms with Gasteiger partial charge < -0.3 is 24.3 Å². The highest BCUT2D eigenvalue weighted by atomic mass is 16.7. The molecule has 0 fully saturated rings. The molecule has 36 heavy (non-hydrogen) atoms.